The molecular formula is C15H10ClN3O. The maximum Gasteiger partial charge on any atom is 0.153 e. The number of pyridine rings is 1. The zero-order chi connectivity index (χ0) is 13.9. The summed E-state index contributed by atoms with van der Waals surface area (Å²) in [6.45, 7) is 0. The van der Waals surface area contributed by atoms with Crippen LogP contribution < -0.4 is 0 Å². The lowest BCUT2D eigenvalue weighted by Gasteiger charge is -2.01. The van der Waals surface area contributed by atoms with Gasteiger partial charge in [0.15, 0.2) is 6.29 Å². The second-order valence-electron chi connectivity index (χ2n) is 4.22. The van der Waals surface area contributed by atoms with E-state index in [0.717, 1.165) is 17.5 Å². The Labute approximate surface area is 120 Å². The highest BCUT2D eigenvalue weighted by atomic mass is 35.5. The molecule has 0 atom stereocenters. The first kappa shape index (κ1) is 12.6. The largest absolute Gasteiger partial charge is 0.298 e. The number of aromatic nitrogens is 3. The van der Waals surface area contributed by atoms with Gasteiger partial charge in [0.25, 0.3) is 0 Å². The number of carbonyl (C=O) groups is 1. The Morgan fingerprint density at radius 3 is 2.80 bits per heavy atom. The lowest BCUT2D eigenvalue weighted by atomic mass is 10.1. The minimum Gasteiger partial charge on any atom is -0.298 e. The lowest BCUT2D eigenvalue weighted by Crippen LogP contribution is -1.94. The van der Waals surface area contributed by atoms with E-state index in [2.05, 4.69) is 10.1 Å². The van der Waals surface area contributed by atoms with Crippen LogP contribution >= 0.6 is 11.6 Å². The number of hydrogen-bond donors (Lipinski definition) is 0. The third-order valence-electron chi connectivity index (χ3n) is 2.88. The van der Waals surface area contributed by atoms with Crippen LogP contribution in [0.3, 0.4) is 0 Å². The minimum absolute atomic E-state index is 0.512. The van der Waals surface area contributed by atoms with Crippen LogP contribution in [0.2, 0.25) is 5.02 Å². The Hall–Kier alpha value is -2.46. The smallest absolute Gasteiger partial charge is 0.153 e. The SMILES string of the molecule is O=Cc1cn(-c2cccc(Cl)c2)nc1-c1cccnc1. The van der Waals surface area contributed by atoms with Crippen molar-refractivity contribution in [2.45, 2.75) is 0 Å². The average molecular weight is 284 g/mol. The molecule has 0 aliphatic carbocycles. The molecule has 2 aromatic heterocycles. The van der Waals surface area contributed by atoms with Gasteiger partial charge in [-0.3, -0.25) is 9.78 Å². The second kappa shape index (κ2) is 5.27. The van der Waals surface area contributed by atoms with Crippen molar-refractivity contribution in [1.29, 1.82) is 0 Å². The maximum absolute atomic E-state index is 11.2. The molecule has 20 heavy (non-hydrogen) atoms. The fraction of sp³-hybridized carbons (Fsp3) is 0. The van der Waals surface area contributed by atoms with Crippen LogP contribution in [0, 0.1) is 0 Å². The number of hydrogen-bond acceptors (Lipinski definition) is 3. The van der Waals surface area contributed by atoms with Gasteiger partial charge in [0, 0.05) is 29.2 Å². The first-order chi connectivity index (χ1) is 9.78. The van der Waals surface area contributed by atoms with Crippen molar-refractivity contribution < 1.29 is 4.79 Å². The molecule has 98 valence electrons. The monoisotopic (exact) mass is 283 g/mol. The summed E-state index contributed by atoms with van der Waals surface area (Å²) in [5, 5.41) is 5.07. The summed E-state index contributed by atoms with van der Waals surface area (Å²) in [5.74, 6) is 0. The summed E-state index contributed by atoms with van der Waals surface area (Å²) in [5.41, 5.74) is 2.72. The van der Waals surface area contributed by atoms with Gasteiger partial charge in [-0.15, -0.1) is 0 Å². The number of benzene rings is 1. The van der Waals surface area contributed by atoms with Crippen LogP contribution in [0.1, 0.15) is 10.4 Å². The molecule has 0 spiro atoms. The average Bonchev–Trinajstić information content (AvgIpc) is 2.92. The van der Waals surface area contributed by atoms with Crippen LogP contribution in [0.25, 0.3) is 16.9 Å². The van der Waals surface area contributed by atoms with Crippen molar-refractivity contribution in [1.82, 2.24) is 14.8 Å². The molecule has 0 N–H and O–H groups in total. The number of halogens is 1. The summed E-state index contributed by atoms with van der Waals surface area (Å²) in [4.78, 5) is 15.3. The van der Waals surface area contributed by atoms with Gasteiger partial charge in [-0.05, 0) is 30.3 Å². The highest BCUT2D eigenvalue weighted by Crippen LogP contribution is 2.22. The normalized spacial score (nSPS) is 10.4. The molecule has 0 unspecified atom stereocenters. The summed E-state index contributed by atoms with van der Waals surface area (Å²) in [6.07, 6.45) is 5.83. The molecule has 0 saturated heterocycles. The van der Waals surface area contributed by atoms with E-state index in [9.17, 15) is 4.79 Å². The van der Waals surface area contributed by atoms with Crippen LogP contribution in [0.5, 0.6) is 0 Å². The molecule has 2 heterocycles. The van der Waals surface area contributed by atoms with Crippen molar-refractivity contribution in [3.05, 3.63) is 65.6 Å². The molecular weight excluding hydrogens is 274 g/mol. The Kier molecular flexibility index (Phi) is 3.31. The molecule has 0 saturated carbocycles. The van der Waals surface area contributed by atoms with Gasteiger partial charge < -0.3 is 0 Å². The number of carbonyl (C=O) groups excluding carboxylic acids is 1. The third-order valence-corrected chi connectivity index (χ3v) is 3.11. The summed E-state index contributed by atoms with van der Waals surface area (Å²) >= 11 is 5.97. The van der Waals surface area contributed by atoms with Gasteiger partial charge in [0.1, 0.15) is 5.69 Å². The second-order valence-corrected chi connectivity index (χ2v) is 4.65. The van der Waals surface area contributed by atoms with E-state index >= 15 is 0 Å². The van der Waals surface area contributed by atoms with Gasteiger partial charge in [0.05, 0.1) is 11.3 Å². The van der Waals surface area contributed by atoms with Crippen LogP contribution in [-0.4, -0.2) is 21.1 Å². The summed E-state index contributed by atoms with van der Waals surface area (Å²) < 4.78 is 1.64. The van der Waals surface area contributed by atoms with Crippen molar-refractivity contribution in [3.63, 3.8) is 0 Å². The summed E-state index contributed by atoms with van der Waals surface area (Å²) in [6, 6.07) is 11.0. The van der Waals surface area contributed by atoms with Gasteiger partial charge >= 0.3 is 0 Å². The van der Waals surface area contributed by atoms with Crippen LogP contribution in [0.4, 0.5) is 0 Å². The van der Waals surface area contributed by atoms with Crippen LogP contribution in [-0.2, 0) is 0 Å². The third kappa shape index (κ3) is 2.33. The van der Waals surface area contributed by atoms with E-state index in [1.54, 1.807) is 35.4 Å². The predicted octanol–water partition coefficient (Wildman–Crippen LogP) is 3.40. The van der Waals surface area contributed by atoms with E-state index in [0.29, 0.717) is 16.3 Å². The fourth-order valence-corrected chi connectivity index (χ4v) is 2.14. The predicted molar refractivity (Wildman–Crippen MR) is 77.2 cm³/mol. The molecule has 1 aromatic carbocycles. The number of rotatable bonds is 3. The molecule has 0 bridgehead atoms. The zero-order valence-corrected chi connectivity index (χ0v) is 11.2. The van der Waals surface area contributed by atoms with Crippen molar-refractivity contribution in [3.8, 4) is 16.9 Å². The Morgan fingerprint density at radius 1 is 1.20 bits per heavy atom. The molecule has 0 radical (unpaired) electrons. The first-order valence-corrected chi connectivity index (χ1v) is 6.37. The highest BCUT2D eigenvalue weighted by Gasteiger charge is 2.11. The molecule has 4 nitrogen and oxygen atoms in total. The lowest BCUT2D eigenvalue weighted by molar-refractivity contribution is 0.112. The summed E-state index contributed by atoms with van der Waals surface area (Å²) in [7, 11) is 0. The van der Waals surface area contributed by atoms with Crippen molar-refractivity contribution >= 4 is 17.9 Å². The minimum atomic E-state index is 0.512. The van der Waals surface area contributed by atoms with Crippen molar-refractivity contribution in [2.24, 2.45) is 0 Å². The van der Waals surface area contributed by atoms with E-state index in [1.165, 1.54) is 0 Å². The number of aldehydes is 1. The topological polar surface area (TPSA) is 47.8 Å². The first-order valence-electron chi connectivity index (χ1n) is 5.99. The maximum atomic E-state index is 11.2. The molecule has 3 aromatic rings. The van der Waals surface area contributed by atoms with Crippen molar-refractivity contribution in [2.75, 3.05) is 0 Å². The van der Waals surface area contributed by atoms with E-state index in [1.807, 2.05) is 24.3 Å². The highest BCUT2D eigenvalue weighted by molar-refractivity contribution is 6.30. The van der Waals surface area contributed by atoms with Gasteiger partial charge in [-0.2, -0.15) is 5.10 Å². The molecule has 0 aliphatic rings. The Morgan fingerprint density at radius 2 is 2.10 bits per heavy atom. The molecule has 3 rings (SSSR count). The fourth-order valence-electron chi connectivity index (χ4n) is 1.95. The van der Waals surface area contributed by atoms with Gasteiger partial charge in [-0.1, -0.05) is 17.7 Å². The van der Waals surface area contributed by atoms with Crippen LogP contribution in [0.15, 0.2) is 55.0 Å². The quantitative estimate of drug-likeness (QED) is 0.692. The van der Waals surface area contributed by atoms with E-state index in [-0.39, 0.29) is 0 Å². The van der Waals surface area contributed by atoms with Gasteiger partial charge in [0.2, 0.25) is 0 Å². The van der Waals surface area contributed by atoms with E-state index < -0.39 is 0 Å². The van der Waals surface area contributed by atoms with E-state index in [4.69, 9.17) is 11.6 Å². The standard InChI is InChI=1S/C15H10ClN3O/c16-13-4-1-5-14(7-13)19-9-12(10-20)15(18-19)11-3-2-6-17-8-11/h1-10H. The number of nitrogens with zero attached hydrogens (tertiary/aromatic N) is 3. The zero-order valence-electron chi connectivity index (χ0n) is 10.4. The molecule has 0 amide bonds. The molecule has 0 aliphatic heterocycles. The van der Waals surface area contributed by atoms with Gasteiger partial charge in [-0.25, -0.2) is 4.68 Å². The molecule has 5 heteroatoms. The Bertz CT molecular complexity index is 753. The Balaban J connectivity index is 2.12. The molecule has 0 fully saturated rings.